The molecule has 0 heterocycles. The summed E-state index contributed by atoms with van der Waals surface area (Å²) in [6, 6.07) is 5.40. The van der Waals surface area contributed by atoms with Gasteiger partial charge in [-0.2, -0.15) is 0 Å². The van der Waals surface area contributed by atoms with Crippen LogP contribution in [0.15, 0.2) is 18.2 Å². The van der Waals surface area contributed by atoms with Crippen molar-refractivity contribution in [3.63, 3.8) is 0 Å². The summed E-state index contributed by atoms with van der Waals surface area (Å²) in [4.78, 5) is 21.6. The van der Waals surface area contributed by atoms with Crippen molar-refractivity contribution in [2.75, 3.05) is 0 Å². The molecule has 1 rings (SSSR count). The summed E-state index contributed by atoms with van der Waals surface area (Å²) in [6.07, 6.45) is 0. The number of phosphoric ester groups is 1. The molecule has 0 aliphatic heterocycles. The first-order chi connectivity index (χ1) is 7.72. The maximum atomic E-state index is 10.8. The molecule has 0 saturated heterocycles. The molecule has 0 fully saturated rings. The van der Waals surface area contributed by atoms with Crippen molar-refractivity contribution in [1.82, 2.24) is 0 Å². The molecule has 0 saturated carbocycles. The van der Waals surface area contributed by atoms with Crippen molar-refractivity contribution in [2.24, 2.45) is 0 Å². The zero-order valence-corrected chi connectivity index (χ0v) is 18.9. The van der Waals surface area contributed by atoms with Crippen molar-refractivity contribution in [3.05, 3.63) is 29.3 Å². The second kappa shape index (κ2) is 14.4. The summed E-state index contributed by atoms with van der Waals surface area (Å²) >= 11 is 0. The zero-order chi connectivity index (χ0) is 13.2. The van der Waals surface area contributed by atoms with Gasteiger partial charge in [0.2, 0.25) is 0 Å². The Labute approximate surface area is 175 Å². The van der Waals surface area contributed by atoms with Crippen LogP contribution in [0, 0.1) is 0 Å². The Morgan fingerprint density at radius 2 is 1.23 bits per heavy atom. The van der Waals surface area contributed by atoms with Crippen LogP contribution in [0.1, 0.15) is 50.7 Å². The largest absolute Gasteiger partial charge is 1.00 e. The van der Waals surface area contributed by atoms with Gasteiger partial charge >= 0.3 is 59.1 Å². The predicted molar refractivity (Wildman–Crippen MR) is 73.7 cm³/mol. The Bertz CT molecular complexity index is 423. The van der Waals surface area contributed by atoms with E-state index < -0.39 is 7.82 Å². The van der Waals surface area contributed by atoms with Gasteiger partial charge in [0.05, 0.1) is 0 Å². The maximum Gasteiger partial charge on any atom is 1.00 e. The molecule has 10 heteroatoms. The molecule has 1 aromatic carbocycles. The van der Waals surface area contributed by atoms with E-state index >= 15 is 0 Å². The summed E-state index contributed by atoms with van der Waals surface area (Å²) < 4.78 is 15.4. The molecule has 1 aromatic rings. The van der Waals surface area contributed by atoms with E-state index in [0.29, 0.717) is 0 Å². The van der Waals surface area contributed by atoms with Crippen LogP contribution in [0.2, 0.25) is 0 Å². The van der Waals surface area contributed by atoms with Crippen molar-refractivity contribution < 1.29 is 94.4 Å². The molecular formula is C12H23Na2O7P. The van der Waals surface area contributed by atoms with Gasteiger partial charge in [-0.25, -0.2) is 0 Å². The molecule has 0 aliphatic carbocycles. The van der Waals surface area contributed by atoms with E-state index in [1.54, 1.807) is 12.1 Å². The Kier molecular flexibility index (Phi) is 22.5. The second-order valence-electron chi connectivity index (χ2n) is 4.61. The van der Waals surface area contributed by atoms with Gasteiger partial charge in [-0.05, 0) is 23.0 Å². The summed E-state index contributed by atoms with van der Waals surface area (Å²) in [5, 5.41) is 0. The van der Waals surface area contributed by atoms with E-state index in [2.05, 4.69) is 4.52 Å². The Morgan fingerprint density at radius 3 is 1.45 bits per heavy atom. The number of rotatable bonds is 4. The number of phosphoric acid groups is 1. The van der Waals surface area contributed by atoms with E-state index in [1.807, 2.05) is 33.8 Å². The standard InChI is InChI=1S/C12H19O4P.2Na.3H2O/c1-8(2)10-6-5-7-11(9(3)4)12(10)16-17(13,14)15;;;;;/h5-9H,1-4H3,(H2,13,14,15);;;3*1H2/q;2*+1;;;/p-2. The molecule has 0 spiro atoms. The van der Waals surface area contributed by atoms with Gasteiger partial charge in [0.15, 0.2) is 0 Å². The smallest absolute Gasteiger partial charge is 0.780 e. The molecule has 0 amide bonds. The molecule has 0 aromatic heterocycles. The van der Waals surface area contributed by atoms with E-state index in [0.717, 1.165) is 11.1 Å². The SMILES string of the molecule is CC(C)c1cccc(C(C)C)c1OP(=O)([O-])[O-].O.O.O.[Na+].[Na+]. The van der Waals surface area contributed by atoms with Crippen LogP contribution in [-0.4, -0.2) is 16.4 Å². The average molecular weight is 356 g/mol. The van der Waals surface area contributed by atoms with Crippen LogP contribution >= 0.6 is 7.82 Å². The fourth-order valence-electron chi connectivity index (χ4n) is 1.70. The molecule has 0 bridgehead atoms. The van der Waals surface area contributed by atoms with E-state index in [4.69, 9.17) is 0 Å². The van der Waals surface area contributed by atoms with Crippen LogP contribution in [-0.2, 0) is 4.57 Å². The van der Waals surface area contributed by atoms with E-state index in [1.165, 1.54) is 0 Å². The van der Waals surface area contributed by atoms with Crippen LogP contribution in [0.5, 0.6) is 5.75 Å². The van der Waals surface area contributed by atoms with Gasteiger partial charge < -0.3 is 35.3 Å². The summed E-state index contributed by atoms with van der Waals surface area (Å²) in [6.45, 7) is 7.69. The molecule has 120 valence electrons. The van der Waals surface area contributed by atoms with E-state index in [-0.39, 0.29) is 93.1 Å². The maximum absolute atomic E-state index is 10.8. The van der Waals surface area contributed by atoms with Crippen molar-refractivity contribution in [3.8, 4) is 5.75 Å². The molecule has 7 nitrogen and oxygen atoms in total. The quantitative estimate of drug-likeness (QED) is 0.387. The van der Waals surface area contributed by atoms with Gasteiger partial charge in [0.25, 0.3) is 0 Å². The minimum atomic E-state index is -5.02. The van der Waals surface area contributed by atoms with Gasteiger partial charge in [-0.1, -0.05) is 45.9 Å². The fourth-order valence-corrected chi connectivity index (χ4v) is 2.13. The van der Waals surface area contributed by atoms with Gasteiger partial charge in [0.1, 0.15) is 13.6 Å². The number of para-hydroxylation sites is 1. The van der Waals surface area contributed by atoms with Crippen LogP contribution in [0.25, 0.3) is 0 Å². The molecule has 6 N–H and O–H groups in total. The van der Waals surface area contributed by atoms with Crippen LogP contribution in [0.3, 0.4) is 0 Å². The second-order valence-corrected chi connectivity index (χ2v) is 5.69. The van der Waals surface area contributed by atoms with Crippen LogP contribution in [0.4, 0.5) is 0 Å². The minimum Gasteiger partial charge on any atom is -0.780 e. The number of benzene rings is 1. The van der Waals surface area contributed by atoms with E-state index in [9.17, 15) is 14.4 Å². The molecule has 22 heavy (non-hydrogen) atoms. The Balaban J connectivity index is -0.000000193. The first kappa shape index (κ1) is 34.4. The predicted octanol–water partition coefficient (Wildman–Crippen LogP) is -6.33. The monoisotopic (exact) mass is 356 g/mol. The summed E-state index contributed by atoms with van der Waals surface area (Å²) in [5.74, 6) is 0.385. The summed E-state index contributed by atoms with van der Waals surface area (Å²) in [7, 11) is -5.02. The topological polar surface area (TPSA) is 167 Å². The third-order valence-corrected chi connectivity index (χ3v) is 2.93. The molecular weight excluding hydrogens is 333 g/mol. The van der Waals surface area contributed by atoms with Gasteiger partial charge in [-0.3, -0.25) is 0 Å². The van der Waals surface area contributed by atoms with Crippen molar-refractivity contribution >= 4 is 7.82 Å². The van der Waals surface area contributed by atoms with Gasteiger partial charge in [-0.15, -0.1) is 0 Å². The van der Waals surface area contributed by atoms with Gasteiger partial charge in [0, 0.05) is 0 Å². The molecule has 0 unspecified atom stereocenters. The summed E-state index contributed by atoms with van der Waals surface area (Å²) in [5.41, 5.74) is 1.48. The first-order valence-electron chi connectivity index (χ1n) is 5.57. The molecule has 0 atom stereocenters. The zero-order valence-electron chi connectivity index (χ0n) is 14.0. The molecule has 0 radical (unpaired) electrons. The molecule has 0 aliphatic rings. The third-order valence-electron chi connectivity index (χ3n) is 2.52. The number of hydrogen-bond donors (Lipinski definition) is 0. The Morgan fingerprint density at radius 1 is 0.909 bits per heavy atom. The van der Waals surface area contributed by atoms with Crippen molar-refractivity contribution in [1.29, 1.82) is 0 Å². The van der Waals surface area contributed by atoms with Crippen molar-refractivity contribution in [2.45, 2.75) is 39.5 Å². The fraction of sp³-hybridized carbons (Fsp3) is 0.500. The third kappa shape index (κ3) is 10.8. The van der Waals surface area contributed by atoms with Crippen LogP contribution < -0.4 is 73.4 Å². The first-order valence-corrected chi connectivity index (χ1v) is 7.03. The average Bonchev–Trinajstić information content (AvgIpc) is 2.14. The number of hydrogen-bond acceptors (Lipinski definition) is 4. The Hall–Kier alpha value is 1.05. The normalized spacial score (nSPS) is 9.45. The minimum absolute atomic E-state index is 0.